The molecule has 0 fully saturated rings. The van der Waals surface area contributed by atoms with Crippen molar-refractivity contribution in [3.05, 3.63) is 65.6 Å². The molecule has 126 valence electrons. The SMILES string of the molecule is O=C(CCc1nc2ccccc2s1)NCCc1cn2ccccc2n1. The monoisotopic (exact) mass is 350 g/mol. The number of hydrogen-bond donors (Lipinski definition) is 1. The lowest BCUT2D eigenvalue weighted by Crippen LogP contribution is -2.25. The molecule has 0 spiro atoms. The lowest BCUT2D eigenvalue weighted by atomic mass is 10.3. The Bertz CT molecular complexity index is 954. The summed E-state index contributed by atoms with van der Waals surface area (Å²) in [6, 6.07) is 14.0. The van der Waals surface area contributed by atoms with Crippen molar-refractivity contribution >= 4 is 33.1 Å². The normalized spacial score (nSPS) is 11.2. The summed E-state index contributed by atoms with van der Waals surface area (Å²) in [6.07, 6.45) is 5.85. The molecule has 1 aromatic carbocycles. The predicted octanol–water partition coefficient (Wildman–Crippen LogP) is 3.24. The molecular weight excluding hydrogens is 332 g/mol. The highest BCUT2D eigenvalue weighted by Crippen LogP contribution is 2.22. The number of aryl methyl sites for hydroxylation is 1. The summed E-state index contributed by atoms with van der Waals surface area (Å²) in [5.41, 5.74) is 2.92. The van der Waals surface area contributed by atoms with Gasteiger partial charge in [-0.1, -0.05) is 18.2 Å². The average molecular weight is 350 g/mol. The van der Waals surface area contributed by atoms with Gasteiger partial charge in [-0.05, 0) is 24.3 Å². The molecule has 1 N–H and O–H groups in total. The number of carbonyl (C=O) groups is 1. The van der Waals surface area contributed by atoms with Gasteiger partial charge in [0.2, 0.25) is 5.91 Å². The number of fused-ring (bicyclic) bond motifs is 2. The highest BCUT2D eigenvalue weighted by atomic mass is 32.1. The Kier molecular flexibility index (Phi) is 4.43. The molecule has 6 heteroatoms. The van der Waals surface area contributed by atoms with E-state index in [0.29, 0.717) is 19.4 Å². The largest absolute Gasteiger partial charge is 0.356 e. The Balaban J connectivity index is 1.26. The lowest BCUT2D eigenvalue weighted by molar-refractivity contribution is -0.121. The zero-order chi connectivity index (χ0) is 17.1. The van der Waals surface area contributed by atoms with E-state index in [1.807, 2.05) is 53.2 Å². The van der Waals surface area contributed by atoms with Gasteiger partial charge < -0.3 is 9.72 Å². The highest BCUT2D eigenvalue weighted by molar-refractivity contribution is 7.18. The summed E-state index contributed by atoms with van der Waals surface area (Å²) < 4.78 is 3.16. The van der Waals surface area contributed by atoms with Crippen LogP contribution in [0.15, 0.2) is 54.9 Å². The summed E-state index contributed by atoms with van der Waals surface area (Å²) in [7, 11) is 0. The van der Waals surface area contributed by atoms with Crippen LogP contribution in [0.2, 0.25) is 0 Å². The van der Waals surface area contributed by atoms with Crippen molar-refractivity contribution in [2.45, 2.75) is 19.3 Å². The molecule has 4 aromatic rings. The van der Waals surface area contributed by atoms with Crippen LogP contribution < -0.4 is 5.32 Å². The maximum absolute atomic E-state index is 12.0. The van der Waals surface area contributed by atoms with E-state index in [2.05, 4.69) is 21.4 Å². The summed E-state index contributed by atoms with van der Waals surface area (Å²) in [6.45, 7) is 0.600. The fraction of sp³-hybridized carbons (Fsp3) is 0.211. The number of pyridine rings is 1. The molecule has 1 amide bonds. The minimum absolute atomic E-state index is 0.0584. The number of aromatic nitrogens is 3. The van der Waals surface area contributed by atoms with Gasteiger partial charge in [-0.2, -0.15) is 0 Å². The molecule has 0 saturated heterocycles. The van der Waals surface area contributed by atoms with Crippen LogP contribution in [0.4, 0.5) is 0 Å². The van der Waals surface area contributed by atoms with Crippen molar-refractivity contribution in [3.8, 4) is 0 Å². The Morgan fingerprint density at radius 2 is 1.96 bits per heavy atom. The van der Waals surface area contributed by atoms with Crippen LogP contribution >= 0.6 is 11.3 Å². The van der Waals surface area contributed by atoms with Gasteiger partial charge in [0.1, 0.15) is 5.65 Å². The molecule has 0 saturated carbocycles. The number of thiazole rings is 1. The molecule has 4 rings (SSSR count). The maximum atomic E-state index is 12.0. The van der Waals surface area contributed by atoms with Crippen molar-refractivity contribution in [1.82, 2.24) is 19.7 Å². The molecule has 0 aliphatic carbocycles. The Morgan fingerprint density at radius 1 is 1.08 bits per heavy atom. The first kappa shape index (κ1) is 15.8. The van der Waals surface area contributed by atoms with E-state index in [1.165, 1.54) is 4.70 Å². The Hall–Kier alpha value is -2.73. The highest BCUT2D eigenvalue weighted by Gasteiger charge is 2.07. The number of carbonyl (C=O) groups excluding carboxylic acids is 1. The molecule has 3 heterocycles. The molecule has 0 atom stereocenters. The van der Waals surface area contributed by atoms with Crippen LogP contribution in [0.1, 0.15) is 17.1 Å². The number of hydrogen-bond acceptors (Lipinski definition) is 4. The molecule has 0 radical (unpaired) electrons. The number of benzene rings is 1. The third kappa shape index (κ3) is 3.69. The second-order valence-electron chi connectivity index (χ2n) is 5.87. The lowest BCUT2D eigenvalue weighted by Gasteiger charge is -2.02. The third-order valence-corrected chi connectivity index (χ3v) is 5.12. The molecule has 3 aromatic heterocycles. The first-order chi connectivity index (χ1) is 12.3. The molecular formula is C19H18N4OS. The molecule has 25 heavy (non-hydrogen) atoms. The van der Waals surface area contributed by atoms with Crippen molar-refractivity contribution in [3.63, 3.8) is 0 Å². The first-order valence-electron chi connectivity index (χ1n) is 8.32. The van der Waals surface area contributed by atoms with Crippen LogP contribution in [0, 0.1) is 0 Å². The van der Waals surface area contributed by atoms with Crippen molar-refractivity contribution in [2.24, 2.45) is 0 Å². The number of imidazole rings is 1. The van der Waals surface area contributed by atoms with E-state index in [-0.39, 0.29) is 5.91 Å². The van der Waals surface area contributed by atoms with Crippen molar-refractivity contribution in [1.29, 1.82) is 0 Å². The van der Waals surface area contributed by atoms with Crippen LogP contribution in [0.25, 0.3) is 15.9 Å². The minimum atomic E-state index is 0.0584. The number of para-hydroxylation sites is 1. The summed E-state index contributed by atoms with van der Waals surface area (Å²) >= 11 is 1.66. The Morgan fingerprint density at radius 3 is 2.84 bits per heavy atom. The second-order valence-corrected chi connectivity index (χ2v) is 6.99. The number of amides is 1. The molecule has 0 aliphatic rings. The van der Waals surface area contributed by atoms with Crippen molar-refractivity contribution in [2.75, 3.05) is 6.54 Å². The fourth-order valence-corrected chi connectivity index (χ4v) is 3.74. The van der Waals surface area contributed by atoms with Gasteiger partial charge >= 0.3 is 0 Å². The molecule has 0 aliphatic heterocycles. The summed E-state index contributed by atoms with van der Waals surface area (Å²) in [5.74, 6) is 0.0584. The standard InChI is InChI=1S/C19H18N4OS/c24-18(8-9-19-22-15-5-1-2-6-16(15)25-19)20-11-10-14-13-23-12-4-3-7-17(23)21-14/h1-7,12-13H,8-11H2,(H,20,24). The summed E-state index contributed by atoms with van der Waals surface area (Å²) in [4.78, 5) is 21.1. The van der Waals surface area contributed by atoms with Crippen LogP contribution in [-0.2, 0) is 17.6 Å². The van der Waals surface area contributed by atoms with Gasteiger partial charge in [0.25, 0.3) is 0 Å². The number of rotatable bonds is 6. The maximum Gasteiger partial charge on any atom is 0.220 e. The smallest absolute Gasteiger partial charge is 0.220 e. The van der Waals surface area contributed by atoms with Crippen LogP contribution in [0.3, 0.4) is 0 Å². The van der Waals surface area contributed by atoms with Gasteiger partial charge in [-0.15, -0.1) is 11.3 Å². The van der Waals surface area contributed by atoms with Gasteiger partial charge in [0.05, 0.1) is 20.9 Å². The zero-order valence-corrected chi connectivity index (χ0v) is 14.5. The molecule has 5 nitrogen and oxygen atoms in total. The van der Waals surface area contributed by atoms with Crippen LogP contribution in [0.5, 0.6) is 0 Å². The van der Waals surface area contributed by atoms with E-state index in [0.717, 1.165) is 28.3 Å². The van der Waals surface area contributed by atoms with E-state index in [9.17, 15) is 4.79 Å². The molecule has 0 unspecified atom stereocenters. The first-order valence-corrected chi connectivity index (χ1v) is 9.13. The van der Waals surface area contributed by atoms with E-state index in [1.54, 1.807) is 11.3 Å². The Labute approximate surface area is 149 Å². The predicted molar refractivity (Wildman–Crippen MR) is 99.8 cm³/mol. The third-order valence-electron chi connectivity index (χ3n) is 4.02. The van der Waals surface area contributed by atoms with Gasteiger partial charge in [-0.25, -0.2) is 9.97 Å². The van der Waals surface area contributed by atoms with Gasteiger partial charge in [0, 0.05) is 38.2 Å². The fourth-order valence-electron chi connectivity index (χ4n) is 2.77. The van der Waals surface area contributed by atoms with Gasteiger partial charge in [0.15, 0.2) is 0 Å². The summed E-state index contributed by atoms with van der Waals surface area (Å²) in [5, 5.41) is 3.98. The number of nitrogens with one attached hydrogen (secondary N) is 1. The van der Waals surface area contributed by atoms with E-state index < -0.39 is 0 Å². The quantitative estimate of drug-likeness (QED) is 0.581. The van der Waals surface area contributed by atoms with E-state index in [4.69, 9.17) is 0 Å². The number of nitrogens with zero attached hydrogens (tertiary/aromatic N) is 3. The van der Waals surface area contributed by atoms with Crippen LogP contribution in [-0.4, -0.2) is 26.8 Å². The van der Waals surface area contributed by atoms with Gasteiger partial charge in [-0.3, -0.25) is 4.79 Å². The minimum Gasteiger partial charge on any atom is -0.356 e. The topological polar surface area (TPSA) is 59.3 Å². The van der Waals surface area contributed by atoms with E-state index >= 15 is 0 Å². The second kappa shape index (κ2) is 7.03. The zero-order valence-electron chi connectivity index (χ0n) is 13.7. The average Bonchev–Trinajstić information content (AvgIpc) is 3.23. The molecule has 0 bridgehead atoms. The van der Waals surface area contributed by atoms with Crippen molar-refractivity contribution < 1.29 is 4.79 Å².